The normalized spacial score (nSPS) is 10.2. The van der Waals surface area contributed by atoms with Gasteiger partial charge in [-0.3, -0.25) is 0 Å². The van der Waals surface area contributed by atoms with E-state index in [0.29, 0.717) is 6.54 Å². The molecule has 0 amide bonds. The van der Waals surface area contributed by atoms with Crippen LogP contribution in [0.3, 0.4) is 0 Å². The van der Waals surface area contributed by atoms with E-state index >= 15 is 0 Å². The van der Waals surface area contributed by atoms with Crippen LogP contribution in [0.25, 0.3) is 0 Å². The number of rotatable bonds is 6. The van der Waals surface area contributed by atoms with Crippen molar-refractivity contribution in [3.8, 4) is 0 Å². The van der Waals surface area contributed by atoms with E-state index in [0.717, 1.165) is 37.0 Å². The highest BCUT2D eigenvalue weighted by Gasteiger charge is 2.05. The van der Waals surface area contributed by atoms with Crippen LogP contribution in [0, 0.1) is 6.92 Å². The molecule has 0 aliphatic rings. The number of nitrogens with zero attached hydrogens (tertiary/aromatic N) is 3. The second-order valence-corrected chi connectivity index (χ2v) is 3.75. The lowest BCUT2D eigenvalue weighted by molar-refractivity contribution is 0.782. The predicted molar refractivity (Wildman–Crippen MR) is 67.9 cm³/mol. The summed E-state index contributed by atoms with van der Waals surface area (Å²) < 4.78 is 0. The minimum absolute atomic E-state index is 0.703. The van der Waals surface area contributed by atoms with Gasteiger partial charge < -0.3 is 16.0 Å². The van der Waals surface area contributed by atoms with Crippen molar-refractivity contribution >= 4 is 11.6 Å². The molecule has 0 spiro atoms. The molecule has 0 aliphatic carbocycles. The summed E-state index contributed by atoms with van der Waals surface area (Å²) >= 11 is 0. The Balaban J connectivity index is 2.78. The Bertz CT molecular complexity index is 326. The minimum atomic E-state index is 0.703. The van der Waals surface area contributed by atoms with Crippen LogP contribution in [-0.2, 0) is 0 Å². The quantitative estimate of drug-likeness (QED) is 0.753. The van der Waals surface area contributed by atoms with E-state index in [4.69, 9.17) is 5.73 Å². The zero-order valence-corrected chi connectivity index (χ0v) is 10.3. The molecule has 0 fully saturated rings. The fraction of sp³-hybridized carbons (Fsp3) is 0.636. The van der Waals surface area contributed by atoms with Gasteiger partial charge in [0.1, 0.15) is 17.5 Å². The van der Waals surface area contributed by atoms with Crippen molar-refractivity contribution in [1.29, 1.82) is 0 Å². The summed E-state index contributed by atoms with van der Waals surface area (Å²) in [6, 6.07) is 1.97. The van der Waals surface area contributed by atoms with Crippen LogP contribution in [0.5, 0.6) is 0 Å². The van der Waals surface area contributed by atoms with Crippen LogP contribution in [0.15, 0.2) is 6.07 Å². The number of nitrogens with two attached hydrogens (primary N) is 1. The lowest BCUT2D eigenvalue weighted by Gasteiger charge is -2.18. The van der Waals surface area contributed by atoms with E-state index in [9.17, 15) is 0 Å². The smallest absolute Gasteiger partial charge is 0.134 e. The van der Waals surface area contributed by atoms with Crippen LogP contribution >= 0.6 is 0 Å². The number of anilines is 2. The molecular weight excluding hydrogens is 202 g/mol. The van der Waals surface area contributed by atoms with Crippen molar-refractivity contribution in [3.05, 3.63) is 11.9 Å². The van der Waals surface area contributed by atoms with Crippen LogP contribution in [0.4, 0.5) is 11.6 Å². The van der Waals surface area contributed by atoms with E-state index in [1.54, 1.807) is 0 Å². The molecule has 0 aromatic carbocycles. The molecule has 1 aromatic heterocycles. The Labute approximate surface area is 97.1 Å². The zero-order chi connectivity index (χ0) is 12.0. The van der Waals surface area contributed by atoms with Gasteiger partial charge in [-0.25, -0.2) is 9.97 Å². The van der Waals surface area contributed by atoms with Crippen molar-refractivity contribution < 1.29 is 0 Å². The van der Waals surface area contributed by atoms with E-state index in [1.807, 2.05) is 20.0 Å². The van der Waals surface area contributed by atoms with Crippen molar-refractivity contribution in [2.24, 2.45) is 5.73 Å². The van der Waals surface area contributed by atoms with Crippen LogP contribution in [-0.4, -0.2) is 36.6 Å². The van der Waals surface area contributed by atoms with Gasteiger partial charge in [0.05, 0.1) is 0 Å². The standard InChI is InChI=1S/C11H21N5/c1-4-13-10-8-11(15-9(2)14-10)16(3)7-5-6-12/h8H,4-7,12H2,1-3H3,(H,13,14,15). The molecule has 0 saturated carbocycles. The molecule has 16 heavy (non-hydrogen) atoms. The average molecular weight is 223 g/mol. The Morgan fingerprint density at radius 3 is 2.81 bits per heavy atom. The summed E-state index contributed by atoms with van der Waals surface area (Å²) in [4.78, 5) is 10.8. The maximum absolute atomic E-state index is 5.49. The monoisotopic (exact) mass is 223 g/mol. The van der Waals surface area contributed by atoms with Crippen molar-refractivity contribution in [2.45, 2.75) is 20.3 Å². The van der Waals surface area contributed by atoms with E-state index in [1.165, 1.54) is 0 Å². The lowest BCUT2D eigenvalue weighted by Crippen LogP contribution is -2.22. The summed E-state index contributed by atoms with van der Waals surface area (Å²) in [5, 5.41) is 3.20. The van der Waals surface area contributed by atoms with E-state index in [2.05, 4.69) is 27.1 Å². The molecule has 0 radical (unpaired) electrons. The van der Waals surface area contributed by atoms with Gasteiger partial charge in [0.25, 0.3) is 0 Å². The van der Waals surface area contributed by atoms with Gasteiger partial charge in [0.2, 0.25) is 0 Å². The van der Waals surface area contributed by atoms with Gasteiger partial charge in [-0.05, 0) is 26.8 Å². The third-order valence-electron chi connectivity index (χ3n) is 2.27. The summed E-state index contributed by atoms with van der Waals surface area (Å²) in [6.07, 6.45) is 0.968. The first-order valence-electron chi connectivity index (χ1n) is 5.68. The van der Waals surface area contributed by atoms with Gasteiger partial charge in [0.15, 0.2) is 0 Å². The topological polar surface area (TPSA) is 67.1 Å². The summed E-state index contributed by atoms with van der Waals surface area (Å²) in [5.41, 5.74) is 5.49. The second-order valence-electron chi connectivity index (χ2n) is 3.75. The first-order valence-corrected chi connectivity index (χ1v) is 5.68. The average Bonchev–Trinajstić information content (AvgIpc) is 2.25. The van der Waals surface area contributed by atoms with Crippen LogP contribution < -0.4 is 16.0 Å². The molecule has 1 aromatic rings. The number of nitrogens with one attached hydrogen (secondary N) is 1. The number of aromatic nitrogens is 2. The molecule has 5 nitrogen and oxygen atoms in total. The molecule has 1 heterocycles. The summed E-state index contributed by atoms with van der Waals surface area (Å²) in [7, 11) is 2.02. The van der Waals surface area contributed by atoms with Gasteiger partial charge >= 0.3 is 0 Å². The largest absolute Gasteiger partial charge is 0.370 e. The van der Waals surface area contributed by atoms with Crippen LogP contribution in [0.2, 0.25) is 0 Å². The Hall–Kier alpha value is -1.36. The van der Waals surface area contributed by atoms with Gasteiger partial charge in [0, 0.05) is 26.2 Å². The fourth-order valence-electron chi connectivity index (χ4n) is 1.46. The van der Waals surface area contributed by atoms with E-state index in [-0.39, 0.29) is 0 Å². The molecule has 0 bridgehead atoms. The predicted octanol–water partition coefficient (Wildman–Crippen LogP) is 1.00. The van der Waals surface area contributed by atoms with Crippen molar-refractivity contribution in [1.82, 2.24) is 9.97 Å². The maximum Gasteiger partial charge on any atom is 0.134 e. The van der Waals surface area contributed by atoms with Gasteiger partial charge in [-0.1, -0.05) is 0 Å². The first kappa shape index (κ1) is 12.7. The highest BCUT2D eigenvalue weighted by atomic mass is 15.2. The van der Waals surface area contributed by atoms with Gasteiger partial charge in [-0.2, -0.15) is 0 Å². The molecule has 3 N–H and O–H groups in total. The van der Waals surface area contributed by atoms with Gasteiger partial charge in [-0.15, -0.1) is 0 Å². The molecule has 0 aliphatic heterocycles. The third kappa shape index (κ3) is 3.66. The Morgan fingerprint density at radius 2 is 2.19 bits per heavy atom. The highest BCUT2D eigenvalue weighted by molar-refractivity contribution is 5.48. The molecule has 0 atom stereocenters. The summed E-state index contributed by atoms with van der Waals surface area (Å²) in [6.45, 7) is 6.44. The first-order chi connectivity index (χ1) is 7.67. The second kappa shape index (κ2) is 6.27. The molecular formula is C11H21N5. The Kier molecular flexibility index (Phi) is 4.98. The van der Waals surface area contributed by atoms with Crippen molar-refractivity contribution in [2.75, 3.05) is 36.9 Å². The highest BCUT2D eigenvalue weighted by Crippen LogP contribution is 2.14. The molecule has 5 heteroatoms. The van der Waals surface area contributed by atoms with Crippen LogP contribution in [0.1, 0.15) is 19.2 Å². The molecule has 0 unspecified atom stereocenters. The summed E-state index contributed by atoms with van der Waals surface area (Å²) in [5.74, 6) is 2.61. The maximum atomic E-state index is 5.49. The minimum Gasteiger partial charge on any atom is -0.370 e. The molecule has 1 rings (SSSR count). The third-order valence-corrected chi connectivity index (χ3v) is 2.27. The number of aryl methyl sites for hydroxylation is 1. The fourth-order valence-corrected chi connectivity index (χ4v) is 1.46. The lowest BCUT2D eigenvalue weighted by atomic mass is 10.4. The number of hydrogen-bond acceptors (Lipinski definition) is 5. The van der Waals surface area contributed by atoms with E-state index < -0.39 is 0 Å². The molecule has 90 valence electrons. The molecule has 0 saturated heterocycles. The zero-order valence-electron chi connectivity index (χ0n) is 10.3. The number of hydrogen-bond donors (Lipinski definition) is 2. The Morgan fingerprint density at radius 1 is 1.44 bits per heavy atom. The SMILES string of the molecule is CCNc1cc(N(C)CCCN)nc(C)n1. The van der Waals surface area contributed by atoms with Crippen molar-refractivity contribution in [3.63, 3.8) is 0 Å².